The second-order valence-electron chi connectivity index (χ2n) is 5.04. The highest BCUT2D eigenvalue weighted by molar-refractivity contribution is 7.15. The summed E-state index contributed by atoms with van der Waals surface area (Å²) in [7, 11) is 0. The first kappa shape index (κ1) is 15.4. The number of hydrogen-bond acceptors (Lipinski definition) is 4. The lowest BCUT2D eigenvalue weighted by Gasteiger charge is -2.07. The molecule has 0 radical (unpaired) electrons. The third-order valence-corrected chi connectivity index (χ3v) is 4.23. The van der Waals surface area contributed by atoms with Crippen LogP contribution in [0.1, 0.15) is 37.8 Å². The molecule has 5 heteroatoms. The Balaban J connectivity index is 2.25. The summed E-state index contributed by atoms with van der Waals surface area (Å²) in [5.41, 5.74) is 2.09. The van der Waals surface area contributed by atoms with Crippen molar-refractivity contribution in [1.29, 1.82) is 0 Å². The summed E-state index contributed by atoms with van der Waals surface area (Å²) < 4.78 is 0. The van der Waals surface area contributed by atoms with Crippen LogP contribution in [-0.4, -0.2) is 16.0 Å². The Morgan fingerprint density at radius 2 is 2.15 bits per heavy atom. The molecule has 108 valence electrons. The molecule has 2 heterocycles. The van der Waals surface area contributed by atoms with E-state index in [1.54, 1.807) is 17.5 Å². The van der Waals surface area contributed by atoms with Crippen molar-refractivity contribution >= 4 is 22.9 Å². The van der Waals surface area contributed by atoms with Gasteiger partial charge in [0.1, 0.15) is 5.01 Å². The van der Waals surface area contributed by atoms with Crippen LogP contribution in [0.2, 0.25) is 5.02 Å². The van der Waals surface area contributed by atoms with Gasteiger partial charge in [-0.15, -0.1) is 11.3 Å². The van der Waals surface area contributed by atoms with Gasteiger partial charge in [0.05, 0.1) is 16.4 Å². The number of halogens is 1. The summed E-state index contributed by atoms with van der Waals surface area (Å²) in [6.07, 6.45) is 3.79. The second-order valence-corrected chi connectivity index (χ2v) is 6.56. The molecule has 0 aliphatic rings. The zero-order chi connectivity index (χ0) is 14.5. The van der Waals surface area contributed by atoms with Crippen LogP contribution < -0.4 is 5.32 Å². The summed E-state index contributed by atoms with van der Waals surface area (Å²) in [6, 6.07) is 4.26. The van der Waals surface area contributed by atoms with E-state index in [-0.39, 0.29) is 0 Å². The van der Waals surface area contributed by atoms with Crippen LogP contribution in [0.5, 0.6) is 0 Å². The molecule has 0 bridgehead atoms. The van der Waals surface area contributed by atoms with Crippen molar-refractivity contribution in [2.24, 2.45) is 0 Å². The number of aromatic nitrogens is 2. The maximum Gasteiger partial charge on any atom is 0.142 e. The van der Waals surface area contributed by atoms with Crippen molar-refractivity contribution in [3.8, 4) is 10.7 Å². The predicted molar refractivity (Wildman–Crippen MR) is 86.3 cm³/mol. The normalized spacial score (nSPS) is 11.2. The summed E-state index contributed by atoms with van der Waals surface area (Å²) in [5, 5.41) is 5.09. The van der Waals surface area contributed by atoms with Gasteiger partial charge in [-0.05, 0) is 18.6 Å². The number of aryl methyl sites for hydroxylation is 1. The Kier molecular flexibility index (Phi) is 5.52. The zero-order valence-corrected chi connectivity index (χ0v) is 13.7. The fourth-order valence-corrected chi connectivity index (χ4v) is 3.01. The largest absolute Gasteiger partial charge is 0.310 e. The smallest absolute Gasteiger partial charge is 0.142 e. The molecule has 0 atom stereocenters. The van der Waals surface area contributed by atoms with Gasteiger partial charge >= 0.3 is 0 Å². The molecule has 0 aliphatic carbocycles. The van der Waals surface area contributed by atoms with Gasteiger partial charge in [-0.1, -0.05) is 38.8 Å². The van der Waals surface area contributed by atoms with Crippen LogP contribution in [0.4, 0.5) is 0 Å². The highest BCUT2D eigenvalue weighted by Gasteiger charge is 2.13. The van der Waals surface area contributed by atoms with Gasteiger partial charge in [-0.25, -0.2) is 4.98 Å². The van der Waals surface area contributed by atoms with E-state index >= 15 is 0 Å². The van der Waals surface area contributed by atoms with Gasteiger partial charge < -0.3 is 5.32 Å². The van der Waals surface area contributed by atoms with Crippen LogP contribution in [-0.2, 0) is 13.0 Å². The van der Waals surface area contributed by atoms with Crippen molar-refractivity contribution in [3.05, 3.63) is 33.9 Å². The lowest BCUT2D eigenvalue weighted by Crippen LogP contribution is -2.21. The van der Waals surface area contributed by atoms with Gasteiger partial charge in [-0.3, -0.25) is 4.98 Å². The molecule has 2 aromatic heterocycles. The Bertz CT molecular complexity index is 549. The number of hydrogen-bond donors (Lipinski definition) is 1. The highest BCUT2D eigenvalue weighted by atomic mass is 35.5. The average molecular weight is 310 g/mol. The Labute approximate surface area is 129 Å². The molecule has 0 aromatic carbocycles. The second kappa shape index (κ2) is 7.16. The van der Waals surface area contributed by atoms with E-state index < -0.39 is 0 Å². The first-order chi connectivity index (χ1) is 9.60. The van der Waals surface area contributed by atoms with E-state index in [4.69, 9.17) is 16.6 Å². The third kappa shape index (κ3) is 4.01. The van der Waals surface area contributed by atoms with Crippen molar-refractivity contribution in [2.45, 2.75) is 46.2 Å². The molecule has 0 spiro atoms. The van der Waals surface area contributed by atoms with Crippen molar-refractivity contribution in [3.63, 3.8) is 0 Å². The van der Waals surface area contributed by atoms with Crippen molar-refractivity contribution < 1.29 is 0 Å². The van der Waals surface area contributed by atoms with E-state index in [1.165, 1.54) is 10.6 Å². The number of pyridine rings is 1. The van der Waals surface area contributed by atoms with E-state index in [9.17, 15) is 0 Å². The number of nitrogens with one attached hydrogen (secondary N) is 1. The zero-order valence-electron chi connectivity index (χ0n) is 12.1. The average Bonchev–Trinajstić information content (AvgIpc) is 2.81. The van der Waals surface area contributed by atoms with Gasteiger partial charge in [-0.2, -0.15) is 0 Å². The van der Waals surface area contributed by atoms with E-state index in [0.29, 0.717) is 11.1 Å². The highest BCUT2D eigenvalue weighted by Crippen LogP contribution is 2.28. The topological polar surface area (TPSA) is 37.8 Å². The molecule has 0 saturated heterocycles. The minimum atomic E-state index is 0.476. The molecule has 0 aliphatic heterocycles. The molecular weight excluding hydrogens is 290 g/mol. The van der Waals surface area contributed by atoms with Gasteiger partial charge in [0.2, 0.25) is 0 Å². The third-order valence-electron chi connectivity index (χ3n) is 2.88. The monoisotopic (exact) mass is 309 g/mol. The summed E-state index contributed by atoms with van der Waals surface area (Å²) in [6.45, 7) is 7.36. The Hall–Kier alpha value is -0.970. The quantitative estimate of drug-likeness (QED) is 0.864. The van der Waals surface area contributed by atoms with E-state index in [1.807, 2.05) is 12.1 Å². The number of rotatable bonds is 6. The number of thiazole rings is 1. The van der Waals surface area contributed by atoms with Crippen LogP contribution in [0.25, 0.3) is 10.7 Å². The maximum absolute atomic E-state index is 5.88. The molecule has 0 unspecified atom stereocenters. The number of nitrogens with zero attached hydrogens (tertiary/aromatic N) is 2. The molecule has 2 rings (SSSR count). The fraction of sp³-hybridized carbons (Fsp3) is 0.467. The Morgan fingerprint density at radius 1 is 1.35 bits per heavy atom. The van der Waals surface area contributed by atoms with Crippen molar-refractivity contribution in [1.82, 2.24) is 15.3 Å². The SMILES string of the molecule is CCCc1nc(-c2ccc(Cl)cn2)sc1CNC(C)C. The summed E-state index contributed by atoms with van der Waals surface area (Å²) >= 11 is 7.60. The first-order valence-corrected chi connectivity index (χ1v) is 8.13. The standard InChI is InChI=1S/C15H20ClN3S/c1-4-5-12-14(9-17-10(2)3)20-15(19-12)13-7-6-11(16)8-18-13/h6-8,10,17H,4-5,9H2,1-3H3. The molecule has 3 nitrogen and oxygen atoms in total. The molecule has 0 saturated carbocycles. The van der Waals surface area contributed by atoms with Crippen LogP contribution in [0.15, 0.2) is 18.3 Å². The molecule has 20 heavy (non-hydrogen) atoms. The van der Waals surface area contributed by atoms with Crippen LogP contribution >= 0.6 is 22.9 Å². The van der Waals surface area contributed by atoms with E-state index in [0.717, 1.165) is 30.1 Å². The first-order valence-electron chi connectivity index (χ1n) is 6.94. The lowest BCUT2D eigenvalue weighted by molar-refractivity contribution is 0.589. The Morgan fingerprint density at radius 3 is 2.75 bits per heavy atom. The summed E-state index contributed by atoms with van der Waals surface area (Å²) in [5.74, 6) is 0. The lowest BCUT2D eigenvalue weighted by atomic mass is 10.2. The summed E-state index contributed by atoms with van der Waals surface area (Å²) in [4.78, 5) is 10.4. The van der Waals surface area contributed by atoms with Gasteiger partial charge in [0, 0.05) is 23.7 Å². The van der Waals surface area contributed by atoms with Gasteiger partial charge in [0.15, 0.2) is 0 Å². The van der Waals surface area contributed by atoms with Crippen LogP contribution in [0, 0.1) is 0 Å². The van der Waals surface area contributed by atoms with Crippen molar-refractivity contribution in [2.75, 3.05) is 0 Å². The maximum atomic E-state index is 5.88. The molecular formula is C15H20ClN3S. The molecule has 1 N–H and O–H groups in total. The molecule has 2 aromatic rings. The van der Waals surface area contributed by atoms with Gasteiger partial charge in [0.25, 0.3) is 0 Å². The fourth-order valence-electron chi connectivity index (χ4n) is 1.86. The minimum absolute atomic E-state index is 0.476. The minimum Gasteiger partial charge on any atom is -0.310 e. The predicted octanol–water partition coefficient (Wildman–Crippen LogP) is 4.31. The van der Waals surface area contributed by atoms with Crippen LogP contribution in [0.3, 0.4) is 0 Å². The molecule has 0 fully saturated rings. The van der Waals surface area contributed by atoms with E-state index in [2.05, 4.69) is 31.1 Å². The molecule has 0 amide bonds.